The van der Waals surface area contributed by atoms with E-state index < -0.39 is 47.7 Å². The minimum Gasteiger partial charge on any atom is -0.508 e. The number of benzene rings is 2. The zero-order valence-corrected chi connectivity index (χ0v) is 42.3. The molecule has 5 heterocycles. The number of hydrogen-bond acceptors (Lipinski definition) is 12. The molecule has 70 heavy (non-hydrogen) atoms. The molecule has 5 aliphatic rings. The second-order valence-corrected chi connectivity index (χ2v) is 20.9. The number of hydrogen-bond donors (Lipinski definition) is 4. The van der Waals surface area contributed by atoms with Crippen LogP contribution in [-0.2, 0) is 35.5 Å². The van der Waals surface area contributed by atoms with E-state index in [0.717, 1.165) is 25.7 Å². The predicted octanol–water partition coefficient (Wildman–Crippen LogP) is 8.51. The number of phenols is 1. The van der Waals surface area contributed by atoms with Crippen LogP contribution in [0.1, 0.15) is 163 Å². The molecule has 15 nitrogen and oxygen atoms in total. The summed E-state index contributed by atoms with van der Waals surface area (Å²) in [5, 5.41) is 43.9. The molecule has 0 radical (unpaired) electrons. The molecule has 1 saturated heterocycles. The van der Waals surface area contributed by atoms with E-state index in [0.29, 0.717) is 77.9 Å². The number of nitrogens with zero attached hydrogens (tertiary/aromatic N) is 3. The summed E-state index contributed by atoms with van der Waals surface area (Å²) in [6.07, 6.45) is 11.4. The number of rotatable bonds is 20. The van der Waals surface area contributed by atoms with E-state index in [-0.39, 0.29) is 75.0 Å². The van der Waals surface area contributed by atoms with Gasteiger partial charge >= 0.3 is 6.09 Å². The maximum absolute atomic E-state index is 14.4. The number of phenolic OH excluding ortho intramolecular Hbond substituents is 1. The van der Waals surface area contributed by atoms with Crippen molar-refractivity contribution in [1.29, 1.82) is 0 Å². The summed E-state index contributed by atoms with van der Waals surface area (Å²) in [5.41, 5.74) is 5.62. The first-order valence-electron chi connectivity index (χ1n) is 24.9. The number of aliphatic hydroxyl groups is 3. The number of aromatic hydroxyl groups is 1. The largest absolute Gasteiger partial charge is 0.508 e. The molecular formula is C55H73N3O12. The molecule has 15 heteroatoms. The van der Waals surface area contributed by atoms with Crippen molar-refractivity contribution in [3.8, 4) is 23.0 Å². The van der Waals surface area contributed by atoms with Crippen molar-refractivity contribution in [3.63, 3.8) is 0 Å². The van der Waals surface area contributed by atoms with E-state index in [9.17, 15) is 39.6 Å². The first-order valence-corrected chi connectivity index (χ1v) is 24.9. The lowest BCUT2D eigenvalue weighted by molar-refractivity contribution is -0.141. The van der Waals surface area contributed by atoms with Gasteiger partial charge in [-0.15, -0.1) is 0 Å². The van der Waals surface area contributed by atoms with E-state index in [1.165, 1.54) is 44.2 Å². The smallest absolute Gasteiger partial charge is 0.415 e. The third-order valence-corrected chi connectivity index (χ3v) is 14.7. The molecule has 0 saturated carbocycles. The number of carbonyl (C=O) groups is 4. The summed E-state index contributed by atoms with van der Waals surface area (Å²) in [7, 11) is 0. The summed E-state index contributed by atoms with van der Waals surface area (Å²) >= 11 is 0. The SMILES string of the molecule is CC(C)=CCC/C(C)=C/CC[C@@]1(C)Oc2c(c(O)cc3c2CN(CCC[C@@H](OC=O)N2Cc4c(cc(OC(=O)N5CC(O)C5)c5c4O[C@](C)(CC/C=C(\C)CCC=C(C)C)[C@@H](O)C5)C2=O)C3=O)C[C@@H]1O. The maximum atomic E-state index is 14.4. The second kappa shape index (κ2) is 21.8. The summed E-state index contributed by atoms with van der Waals surface area (Å²) < 4.78 is 24.8. The summed E-state index contributed by atoms with van der Waals surface area (Å²) in [4.78, 5) is 58.0. The van der Waals surface area contributed by atoms with Crippen LogP contribution >= 0.6 is 0 Å². The fraction of sp³-hybridized carbons (Fsp3) is 0.564. The maximum Gasteiger partial charge on any atom is 0.415 e. The number of carbonyl (C=O) groups excluding carboxylic acids is 4. The van der Waals surface area contributed by atoms with Gasteiger partial charge in [0, 0.05) is 48.1 Å². The molecule has 5 atom stereocenters. The number of β-amino-alcohol motifs (C(OH)–C–C–N with tert-alkyl or cyclic N) is 1. The van der Waals surface area contributed by atoms with Crippen molar-refractivity contribution in [3.05, 3.63) is 92.1 Å². The molecule has 2 aromatic carbocycles. The Labute approximate surface area is 412 Å². The van der Waals surface area contributed by atoms with E-state index in [2.05, 4.69) is 65.8 Å². The summed E-state index contributed by atoms with van der Waals surface area (Å²) in [6.45, 7) is 17.2. The molecule has 0 spiro atoms. The normalized spacial score (nSPS) is 23.3. The van der Waals surface area contributed by atoms with Crippen LogP contribution in [0.3, 0.4) is 0 Å². The average molecular weight is 968 g/mol. The zero-order chi connectivity index (χ0) is 50.7. The van der Waals surface area contributed by atoms with Gasteiger partial charge in [0.2, 0.25) is 0 Å². The van der Waals surface area contributed by atoms with Gasteiger partial charge in [-0.25, -0.2) is 4.79 Å². The van der Waals surface area contributed by atoms with Crippen LogP contribution in [0.15, 0.2) is 58.7 Å². The molecular weight excluding hydrogens is 895 g/mol. The van der Waals surface area contributed by atoms with E-state index in [1.54, 1.807) is 4.90 Å². The molecule has 0 unspecified atom stereocenters. The lowest BCUT2D eigenvalue weighted by atomic mass is 9.84. The van der Waals surface area contributed by atoms with Crippen LogP contribution in [0.4, 0.5) is 4.79 Å². The Bertz CT molecular complexity index is 2460. The molecule has 2 aromatic rings. The molecule has 380 valence electrons. The van der Waals surface area contributed by atoms with E-state index in [4.69, 9.17) is 18.9 Å². The third-order valence-electron chi connectivity index (χ3n) is 14.7. The minimum atomic E-state index is -1.06. The standard InChI is InChI=1S/C55H73N3O12/c1-33(2)14-9-16-35(5)18-11-21-54(7)46(62)26-40-44(61)24-38-42(49(40)69-54)30-56(51(38)64)23-13-20-48(67-32-59)58-31-43-39(52(58)65)25-45(68-53(66)57-28-37(60)29-57)41-27-47(63)55(8,70-50(41)43)22-12-19-36(6)17-10-15-34(3)4/h14-15,18-19,24-25,32,37,46-48,60-63H,9-13,16-17,20-23,26-31H2,1-8H3/b35-18+,36-19+/t46-,47-,48+,54+,55+/m0/s1. The van der Waals surface area contributed by atoms with Crippen molar-refractivity contribution >= 4 is 24.4 Å². The van der Waals surface area contributed by atoms with Gasteiger partial charge < -0.3 is 49.2 Å². The molecule has 4 N–H and O–H groups in total. The molecule has 5 aliphatic heterocycles. The molecule has 7 rings (SSSR count). The first kappa shape index (κ1) is 52.2. The molecule has 0 aliphatic carbocycles. The molecule has 1 fully saturated rings. The summed E-state index contributed by atoms with van der Waals surface area (Å²) in [6, 6.07) is 2.93. The Morgan fingerprint density at radius 1 is 0.757 bits per heavy atom. The second-order valence-electron chi connectivity index (χ2n) is 20.9. The van der Waals surface area contributed by atoms with Crippen LogP contribution in [0.2, 0.25) is 0 Å². The molecule has 0 bridgehead atoms. The van der Waals surface area contributed by atoms with Gasteiger partial charge in [0.15, 0.2) is 6.23 Å². The Morgan fingerprint density at radius 2 is 1.30 bits per heavy atom. The number of amides is 3. The highest BCUT2D eigenvalue weighted by Crippen LogP contribution is 2.49. The van der Waals surface area contributed by atoms with Crippen molar-refractivity contribution in [2.45, 2.75) is 181 Å². The predicted molar refractivity (Wildman–Crippen MR) is 264 cm³/mol. The van der Waals surface area contributed by atoms with Crippen LogP contribution in [0.25, 0.3) is 0 Å². The fourth-order valence-corrected chi connectivity index (χ4v) is 10.1. The lowest BCUT2D eigenvalue weighted by Gasteiger charge is -2.41. The number of allylic oxidation sites excluding steroid dienone is 8. The Kier molecular flexibility index (Phi) is 16.2. The number of aliphatic hydroxyl groups excluding tert-OH is 3. The number of likely N-dealkylation sites (tertiary alicyclic amines) is 1. The minimum absolute atomic E-state index is 0.00379. The van der Waals surface area contributed by atoms with Crippen molar-refractivity contribution < 1.29 is 58.6 Å². The van der Waals surface area contributed by atoms with Gasteiger partial charge in [-0.1, -0.05) is 46.6 Å². The quantitative estimate of drug-likeness (QED) is 0.0731. The monoisotopic (exact) mass is 968 g/mol. The van der Waals surface area contributed by atoms with Crippen molar-refractivity contribution in [2.75, 3.05) is 19.6 Å². The van der Waals surface area contributed by atoms with Gasteiger partial charge in [0.05, 0.1) is 55.6 Å². The van der Waals surface area contributed by atoms with Gasteiger partial charge in [0.1, 0.15) is 34.2 Å². The van der Waals surface area contributed by atoms with Crippen LogP contribution in [0, 0.1) is 0 Å². The zero-order valence-electron chi connectivity index (χ0n) is 42.3. The lowest BCUT2D eigenvalue weighted by Crippen LogP contribution is -2.54. The number of fused-ring (bicyclic) bond motifs is 6. The Morgan fingerprint density at radius 3 is 1.86 bits per heavy atom. The topological polar surface area (TPSA) is 196 Å². The highest BCUT2D eigenvalue weighted by molar-refractivity contribution is 6.01. The molecule has 3 amide bonds. The van der Waals surface area contributed by atoms with Gasteiger partial charge in [0.25, 0.3) is 18.3 Å². The van der Waals surface area contributed by atoms with Gasteiger partial charge in [-0.05, 0) is 125 Å². The fourth-order valence-electron chi connectivity index (χ4n) is 10.1. The average Bonchev–Trinajstić information content (AvgIpc) is 3.78. The highest BCUT2D eigenvalue weighted by atomic mass is 16.6. The van der Waals surface area contributed by atoms with E-state index in [1.807, 2.05) is 13.8 Å². The van der Waals surface area contributed by atoms with Crippen LogP contribution in [0.5, 0.6) is 23.0 Å². The Hall–Kier alpha value is -5.64. The van der Waals surface area contributed by atoms with Crippen LogP contribution < -0.4 is 14.2 Å². The van der Waals surface area contributed by atoms with Crippen LogP contribution in [-0.4, -0.2) is 115 Å². The van der Waals surface area contributed by atoms with Gasteiger partial charge in [-0.2, -0.15) is 0 Å². The summed E-state index contributed by atoms with van der Waals surface area (Å²) in [5.74, 6) is -0.0554. The molecule has 0 aromatic heterocycles. The third kappa shape index (κ3) is 11.4. The first-order chi connectivity index (χ1) is 33.2. The van der Waals surface area contributed by atoms with Crippen molar-refractivity contribution in [1.82, 2.24) is 14.7 Å². The number of ether oxygens (including phenoxy) is 4. The van der Waals surface area contributed by atoms with Gasteiger partial charge in [-0.3, -0.25) is 19.3 Å². The highest BCUT2D eigenvalue weighted by Gasteiger charge is 2.47. The van der Waals surface area contributed by atoms with E-state index >= 15 is 0 Å². The Balaban J connectivity index is 1.05. The van der Waals surface area contributed by atoms with Crippen molar-refractivity contribution in [2.24, 2.45) is 0 Å².